The quantitative estimate of drug-likeness (QED) is 0.927. The average molecular weight is 286 g/mol. The van der Waals surface area contributed by atoms with Crippen molar-refractivity contribution in [2.45, 2.75) is 38.1 Å². The third-order valence-electron chi connectivity index (χ3n) is 3.15. The van der Waals surface area contributed by atoms with Gasteiger partial charge in [-0.3, -0.25) is 4.79 Å². The molecule has 0 bridgehead atoms. The molecule has 0 aromatic heterocycles. The first kappa shape index (κ1) is 14.3. The van der Waals surface area contributed by atoms with Gasteiger partial charge in [-0.1, -0.05) is 23.7 Å². The van der Waals surface area contributed by atoms with Gasteiger partial charge in [0.25, 0.3) is 5.91 Å². The number of hydrogen-bond acceptors (Lipinski definition) is 2. The van der Waals surface area contributed by atoms with Crippen LogP contribution in [0.15, 0.2) is 24.3 Å². The number of amides is 1. The predicted octanol–water partition coefficient (Wildman–Crippen LogP) is 3.03. The van der Waals surface area contributed by atoms with Crippen molar-refractivity contribution in [1.29, 1.82) is 0 Å². The van der Waals surface area contributed by atoms with Crippen molar-refractivity contribution in [3.8, 4) is 0 Å². The van der Waals surface area contributed by atoms with Crippen LogP contribution in [0.25, 0.3) is 0 Å². The number of hydrogen-bond donors (Lipinski definition) is 1. The molecule has 104 valence electrons. The summed E-state index contributed by atoms with van der Waals surface area (Å²) in [5.74, 6) is -0.609. The zero-order chi connectivity index (χ0) is 14.0. The van der Waals surface area contributed by atoms with Crippen molar-refractivity contribution in [3.05, 3.63) is 34.9 Å². The van der Waals surface area contributed by atoms with Crippen LogP contribution in [0.5, 0.6) is 0 Å². The Morgan fingerprint density at radius 3 is 2.63 bits per heavy atom. The number of ether oxygens (including phenoxy) is 1. The highest BCUT2D eigenvalue weighted by Crippen LogP contribution is 2.30. The van der Waals surface area contributed by atoms with Gasteiger partial charge in [-0.25, -0.2) is 4.39 Å². The van der Waals surface area contributed by atoms with Gasteiger partial charge in [0.2, 0.25) is 0 Å². The van der Waals surface area contributed by atoms with Gasteiger partial charge in [-0.2, -0.15) is 0 Å². The zero-order valence-corrected chi connectivity index (χ0v) is 11.7. The van der Waals surface area contributed by atoms with Gasteiger partial charge in [-0.15, -0.1) is 0 Å². The highest BCUT2D eigenvalue weighted by atomic mass is 35.5. The lowest BCUT2D eigenvalue weighted by Gasteiger charge is -2.23. The molecule has 2 rings (SSSR count). The number of carbonyl (C=O) groups excluding carboxylic acids is 1. The fourth-order valence-electron chi connectivity index (χ4n) is 2.06. The largest absolute Gasteiger partial charge is 0.371 e. The first-order chi connectivity index (χ1) is 8.88. The first-order valence-electron chi connectivity index (χ1n) is 6.25. The van der Waals surface area contributed by atoms with Crippen LogP contribution in [0.3, 0.4) is 0 Å². The predicted molar refractivity (Wildman–Crippen MR) is 71.9 cm³/mol. The summed E-state index contributed by atoms with van der Waals surface area (Å²) in [4.78, 5) is 11.7. The number of nitrogens with one attached hydrogen (secondary N) is 1. The maximum atomic E-state index is 13.5. The van der Waals surface area contributed by atoms with E-state index in [0.29, 0.717) is 18.1 Å². The van der Waals surface area contributed by atoms with E-state index in [-0.39, 0.29) is 12.1 Å². The number of alkyl halides is 1. The van der Waals surface area contributed by atoms with E-state index in [2.05, 4.69) is 5.32 Å². The Morgan fingerprint density at radius 1 is 1.42 bits per heavy atom. The van der Waals surface area contributed by atoms with E-state index in [1.807, 2.05) is 12.1 Å². The minimum Gasteiger partial charge on any atom is -0.371 e. The molecule has 1 saturated heterocycles. The van der Waals surface area contributed by atoms with Gasteiger partial charge in [-0.05, 0) is 38.0 Å². The second-order valence-electron chi connectivity index (χ2n) is 5.18. The molecular formula is C14H17ClFNO2. The van der Waals surface area contributed by atoms with Crippen LogP contribution in [0.2, 0.25) is 5.02 Å². The molecule has 3 nitrogen and oxygen atoms in total. The molecule has 19 heavy (non-hydrogen) atoms. The summed E-state index contributed by atoms with van der Waals surface area (Å²) in [6.45, 7) is 3.04. The van der Waals surface area contributed by atoms with Crippen molar-refractivity contribution >= 4 is 17.5 Å². The normalized spacial score (nSPS) is 23.4. The van der Waals surface area contributed by atoms with E-state index >= 15 is 0 Å². The topological polar surface area (TPSA) is 38.3 Å². The highest BCUT2D eigenvalue weighted by molar-refractivity contribution is 6.30. The third-order valence-corrected chi connectivity index (χ3v) is 3.40. The molecule has 1 fully saturated rings. The van der Waals surface area contributed by atoms with Gasteiger partial charge in [0.05, 0.1) is 6.04 Å². The summed E-state index contributed by atoms with van der Waals surface area (Å²) in [7, 11) is 0. The molecule has 2 unspecified atom stereocenters. The Hall–Kier alpha value is -1.13. The lowest BCUT2D eigenvalue weighted by molar-refractivity contribution is -0.132. The average Bonchev–Trinajstić information content (AvgIpc) is 2.77. The lowest BCUT2D eigenvalue weighted by atomic mass is 10.0. The summed E-state index contributed by atoms with van der Waals surface area (Å²) in [5, 5.41) is 3.36. The number of benzene rings is 1. The summed E-state index contributed by atoms with van der Waals surface area (Å²) in [6.07, 6.45) is 0.429. The van der Waals surface area contributed by atoms with Gasteiger partial charge in [0, 0.05) is 11.6 Å². The molecule has 0 radical (unpaired) electrons. The van der Waals surface area contributed by atoms with Gasteiger partial charge in [0.1, 0.15) is 6.10 Å². The van der Waals surface area contributed by atoms with Crippen molar-refractivity contribution in [2.24, 2.45) is 0 Å². The first-order valence-corrected chi connectivity index (χ1v) is 6.62. The molecule has 1 aromatic rings. The van der Waals surface area contributed by atoms with Crippen molar-refractivity contribution in [1.82, 2.24) is 5.32 Å². The number of carbonyl (C=O) groups is 1. The second-order valence-corrected chi connectivity index (χ2v) is 5.62. The standard InChI is InChI=1S/C14H17ClFNO2/c1-14(2,16)13(18)17-11-7-8-19-12(11)9-3-5-10(15)6-4-9/h3-6,11-12H,7-8H2,1-2H3,(H,17,18). The van der Waals surface area contributed by atoms with E-state index in [9.17, 15) is 9.18 Å². The molecule has 5 heteroatoms. The molecule has 1 aliphatic rings. The number of rotatable bonds is 3. The summed E-state index contributed by atoms with van der Waals surface area (Å²) in [6, 6.07) is 7.06. The molecule has 0 saturated carbocycles. The number of halogens is 2. The van der Waals surface area contributed by atoms with Crippen LogP contribution < -0.4 is 5.32 Å². The minimum atomic E-state index is -1.88. The van der Waals surface area contributed by atoms with Gasteiger partial charge < -0.3 is 10.1 Å². The van der Waals surface area contributed by atoms with Crippen molar-refractivity contribution in [3.63, 3.8) is 0 Å². The second kappa shape index (κ2) is 5.47. The Morgan fingerprint density at radius 2 is 2.05 bits per heavy atom. The van der Waals surface area contributed by atoms with E-state index in [1.54, 1.807) is 12.1 Å². The van der Waals surface area contributed by atoms with E-state index in [0.717, 1.165) is 5.56 Å². The fraction of sp³-hybridized carbons (Fsp3) is 0.500. The van der Waals surface area contributed by atoms with Gasteiger partial charge in [0.15, 0.2) is 5.67 Å². The molecule has 0 aliphatic carbocycles. The Balaban J connectivity index is 2.09. The van der Waals surface area contributed by atoms with Crippen LogP contribution in [0.4, 0.5) is 4.39 Å². The third kappa shape index (κ3) is 3.45. The molecule has 1 N–H and O–H groups in total. The van der Waals surface area contributed by atoms with Crippen LogP contribution in [-0.4, -0.2) is 24.2 Å². The Bertz CT molecular complexity index is 456. The Kier molecular flexibility index (Phi) is 4.11. The van der Waals surface area contributed by atoms with Crippen LogP contribution in [-0.2, 0) is 9.53 Å². The van der Waals surface area contributed by atoms with Crippen LogP contribution in [0, 0.1) is 0 Å². The smallest absolute Gasteiger partial charge is 0.257 e. The van der Waals surface area contributed by atoms with Crippen LogP contribution in [0.1, 0.15) is 31.9 Å². The fourth-order valence-corrected chi connectivity index (χ4v) is 2.18. The lowest BCUT2D eigenvalue weighted by Crippen LogP contribution is -2.45. The van der Waals surface area contributed by atoms with Crippen LogP contribution >= 0.6 is 11.6 Å². The molecule has 1 heterocycles. The van der Waals surface area contributed by atoms with E-state index in [1.165, 1.54) is 13.8 Å². The molecule has 1 aromatic carbocycles. The van der Waals surface area contributed by atoms with E-state index < -0.39 is 11.6 Å². The SMILES string of the molecule is CC(C)(F)C(=O)NC1CCOC1c1ccc(Cl)cc1. The van der Waals surface area contributed by atoms with E-state index in [4.69, 9.17) is 16.3 Å². The van der Waals surface area contributed by atoms with Gasteiger partial charge >= 0.3 is 0 Å². The molecule has 1 aliphatic heterocycles. The summed E-state index contributed by atoms with van der Waals surface area (Å²) in [5.41, 5.74) is -0.948. The molecule has 2 atom stereocenters. The Labute approximate surface area is 117 Å². The summed E-state index contributed by atoms with van der Waals surface area (Å²) >= 11 is 5.84. The maximum absolute atomic E-state index is 13.5. The maximum Gasteiger partial charge on any atom is 0.257 e. The van der Waals surface area contributed by atoms with Crippen molar-refractivity contribution < 1.29 is 13.9 Å². The van der Waals surface area contributed by atoms with Crippen molar-refractivity contribution in [2.75, 3.05) is 6.61 Å². The highest BCUT2D eigenvalue weighted by Gasteiger charge is 2.35. The monoisotopic (exact) mass is 285 g/mol. The minimum absolute atomic E-state index is 0.205. The molecule has 0 spiro atoms. The molecular weight excluding hydrogens is 269 g/mol. The summed E-state index contributed by atoms with van der Waals surface area (Å²) < 4.78 is 19.2. The zero-order valence-electron chi connectivity index (χ0n) is 11.0. The molecule has 1 amide bonds.